The van der Waals surface area contributed by atoms with E-state index in [4.69, 9.17) is 41.8 Å². The minimum atomic E-state index is -0.209. The summed E-state index contributed by atoms with van der Waals surface area (Å²) in [6.07, 6.45) is 0. The van der Waals surface area contributed by atoms with Gasteiger partial charge in [-0.3, -0.25) is 4.79 Å². The lowest BCUT2D eigenvalue weighted by Gasteiger charge is -2.15. The number of methoxy groups -OCH3 is 3. The highest BCUT2D eigenvalue weighted by Gasteiger charge is 2.20. The predicted octanol–water partition coefficient (Wildman–Crippen LogP) is 5.10. The molecule has 3 rings (SSSR count). The maximum absolute atomic E-state index is 12.8. The lowest BCUT2D eigenvalue weighted by Crippen LogP contribution is -2.07. The number of hydrogen-bond acceptors (Lipinski definition) is 5. The van der Waals surface area contributed by atoms with E-state index in [9.17, 15) is 4.79 Å². The molecule has 0 aliphatic rings. The largest absolute Gasteiger partial charge is 0.493 e. The molecule has 0 N–H and O–H groups in total. The van der Waals surface area contributed by atoms with Crippen LogP contribution in [0.5, 0.6) is 17.2 Å². The highest BCUT2D eigenvalue weighted by molar-refractivity contribution is 6.38. The van der Waals surface area contributed by atoms with Crippen molar-refractivity contribution in [3.8, 4) is 28.6 Å². The average molecular weight is 395 g/mol. The van der Waals surface area contributed by atoms with Gasteiger partial charge in [-0.25, -0.2) is 0 Å². The van der Waals surface area contributed by atoms with Crippen molar-refractivity contribution < 1.29 is 18.6 Å². The predicted molar refractivity (Wildman–Crippen MR) is 102 cm³/mol. The van der Waals surface area contributed by atoms with Gasteiger partial charge in [-0.2, -0.15) is 0 Å². The molecule has 7 heteroatoms. The van der Waals surface area contributed by atoms with Crippen molar-refractivity contribution in [3.05, 3.63) is 50.1 Å². The summed E-state index contributed by atoms with van der Waals surface area (Å²) >= 11 is 12.2. The van der Waals surface area contributed by atoms with Crippen molar-refractivity contribution in [3.63, 3.8) is 0 Å². The topological polar surface area (TPSA) is 57.9 Å². The quantitative estimate of drug-likeness (QED) is 0.615. The van der Waals surface area contributed by atoms with E-state index in [2.05, 4.69) is 0 Å². The van der Waals surface area contributed by atoms with Crippen molar-refractivity contribution in [2.45, 2.75) is 6.92 Å². The van der Waals surface area contributed by atoms with Gasteiger partial charge in [0, 0.05) is 16.1 Å². The third kappa shape index (κ3) is 2.97. The Morgan fingerprint density at radius 3 is 2.08 bits per heavy atom. The summed E-state index contributed by atoms with van der Waals surface area (Å²) in [5, 5.41) is 0.962. The van der Waals surface area contributed by atoms with Crippen LogP contribution in [0.15, 0.2) is 33.5 Å². The van der Waals surface area contributed by atoms with Crippen molar-refractivity contribution in [2.24, 2.45) is 0 Å². The zero-order chi connectivity index (χ0) is 19.0. The highest BCUT2D eigenvalue weighted by Crippen LogP contribution is 2.42. The van der Waals surface area contributed by atoms with E-state index in [1.54, 1.807) is 25.1 Å². The van der Waals surface area contributed by atoms with Gasteiger partial charge in [0.2, 0.25) is 5.75 Å². The molecule has 5 nitrogen and oxygen atoms in total. The molecule has 0 bridgehead atoms. The second-order valence-corrected chi connectivity index (χ2v) is 6.41. The van der Waals surface area contributed by atoms with Crippen LogP contribution in [0.25, 0.3) is 22.3 Å². The fourth-order valence-electron chi connectivity index (χ4n) is 2.80. The van der Waals surface area contributed by atoms with Gasteiger partial charge in [-0.1, -0.05) is 23.2 Å². The van der Waals surface area contributed by atoms with E-state index in [1.165, 1.54) is 27.4 Å². The first-order valence-corrected chi connectivity index (χ1v) is 8.39. The lowest BCUT2D eigenvalue weighted by molar-refractivity contribution is 0.324. The molecule has 0 atom stereocenters. The van der Waals surface area contributed by atoms with E-state index in [-0.39, 0.29) is 16.0 Å². The van der Waals surface area contributed by atoms with Gasteiger partial charge in [-0.05, 0) is 31.2 Å². The first-order chi connectivity index (χ1) is 12.4. The van der Waals surface area contributed by atoms with E-state index in [0.717, 1.165) is 0 Å². The number of ether oxygens (including phenoxy) is 3. The third-order valence-corrected chi connectivity index (χ3v) is 4.56. The second kappa shape index (κ2) is 7.09. The van der Waals surface area contributed by atoms with Gasteiger partial charge in [0.25, 0.3) is 0 Å². The molecule has 136 valence electrons. The summed E-state index contributed by atoms with van der Waals surface area (Å²) in [5.74, 6) is 1.72. The van der Waals surface area contributed by atoms with Gasteiger partial charge >= 0.3 is 0 Å². The number of fused-ring (bicyclic) bond motifs is 1. The first kappa shape index (κ1) is 18.4. The summed E-state index contributed by atoms with van der Waals surface area (Å²) in [7, 11) is 4.55. The van der Waals surface area contributed by atoms with Crippen LogP contribution < -0.4 is 19.6 Å². The van der Waals surface area contributed by atoms with E-state index in [1.807, 2.05) is 0 Å². The van der Waals surface area contributed by atoms with Crippen LogP contribution in [0, 0.1) is 6.92 Å². The van der Waals surface area contributed by atoms with Crippen molar-refractivity contribution in [2.75, 3.05) is 21.3 Å². The van der Waals surface area contributed by atoms with Crippen LogP contribution in [-0.2, 0) is 0 Å². The Hall–Kier alpha value is -2.37. The van der Waals surface area contributed by atoms with Crippen LogP contribution in [0.2, 0.25) is 10.0 Å². The fourth-order valence-corrected chi connectivity index (χ4v) is 3.34. The van der Waals surface area contributed by atoms with Gasteiger partial charge < -0.3 is 18.6 Å². The van der Waals surface area contributed by atoms with Crippen LogP contribution in [0.4, 0.5) is 0 Å². The summed E-state index contributed by atoms with van der Waals surface area (Å²) in [6, 6.07) is 6.49. The Labute approximate surface area is 160 Å². The molecule has 0 amide bonds. The summed E-state index contributed by atoms with van der Waals surface area (Å²) in [5.41, 5.74) is 1.09. The molecule has 26 heavy (non-hydrogen) atoms. The normalized spacial score (nSPS) is 10.8. The Balaban J connectivity index is 2.36. The van der Waals surface area contributed by atoms with E-state index >= 15 is 0 Å². The molecule has 0 spiro atoms. The SMILES string of the molecule is COc1cc(-c2oc3c(Cl)cc(Cl)cc3c(=O)c2C)cc(OC)c1OC. The summed E-state index contributed by atoms with van der Waals surface area (Å²) in [6.45, 7) is 1.68. The molecule has 0 fully saturated rings. The van der Waals surface area contributed by atoms with Crippen LogP contribution in [0.1, 0.15) is 5.56 Å². The molecule has 0 aliphatic heterocycles. The smallest absolute Gasteiger partial charge is 0.203 e. The van der Waals surface area contributed by atoms with Crippen molar-refractivity contribution in [1.29, 1.82) is 0 Å². The Bertz CT molecular complexity index is 1030. The van der Waals surface area contributed by atoms with Crippen LogP contribution >= 0.6 is 23.2 Å². The Morgan fingerprint density at radius 2 is 1.54 bits per heavy atom. The molecule has 0 radical (unpaired) electrons. The monoisotopic (exact) mass is 394 g/mol. The number of benzene rings is 2. The highest BCUT2D eigenvalue weighted by atomic mass is 35.5. The fraction of sp³-hybridized carbons (Fsp3) is 0.211. The number of halogens is 2. The Morgan fingerprint density at radius 1 is 0.923 bits per heavy atom. The standard InChI is InChI=1S/C19H16Cl2O5/c1-9-16(22)12-7-11(20)8-13(21)18(12)26-17(9)10-5-14(23-2)19(25-4)15(6-10)24-3/h5-8H,1-4H3. The molecule has 0 unspecified atom stereocenters. The van der Waals surface area contributed by atoms with Gasteiger partial charge in [0.05, 0.1) is 31.7 Å². The minimum Gasteiger partial charge on any atom is -0.493 e. The summed E-state index contributed by atoms with van der Waals surface area (Å²) < 4.78 is 22.0. The lowest BCUT2D eigenvalue weighted by atomic mass is 10.0. The number of rotatable bonds is 4. The van der Waals surface area contributed by atoms with E-state index < -0.39 is 0 Å². The number of hydrogen-bond donors (Lipinski definition) is 0. The zero-order valence-electron chi connectivity index (χ0n) is 14.6. The molecular formula is C19H16Cl2O5. The van der Waals surface area contributed by atoms with Crippen LogP contribution in [0.3, 0.4) is 0 Å². The molecule has 0 aliphatic carbocycles. The van der Waals surface area contributed by atoms with E-state index in [0.29, 0.717) is 44.5 Å². The maximum atomic E-state index is 12.8. The molecule has 2 aromatic carbocycles. The first-order valence-electron chi connectivity index (χ1n) is 7.64. The molecule has 0 saturated heterocycles. The Kier molecular flexibility index (Phi) is 5.03. The van der Waals surface area contributed by atoms with Gasteiger partial charge in [0.1, 0.15) is 5.76 Å². The molecule has 1 heterocycles. The van der Waals surface area contributed by atoms with Gasteiger partial charge in [0.15, 0.2) is 22.5 Å². The summed E-state index contributed by atoms with van der Waals surface area (Å²) in [4.78, 5) is 12.8. The van der Waals surface area contributed by atoms with Gasteiger partial charge in [-0.15, -0.1) is 0 Å². The molecule has 3 aromatic rings. The van der Waals surface area contributed by atoms with Crippen molar-refractivity contribution in [1.82, 2.24) is 0 Å². The minimum absolute atomic E-state index is 0.209. The molecular weight excluding hydrogens is 379 g/mol. The average Bonchev–Trinajstić information content (AvgIpc) is 2.63. The third-order valence-electron chi connectivity index (χ3n) is 4.07. The molecule has 1 aromatic heterocycles. The maximum Gasteiger partial charge on any atom is 0.203 e. The zero-order valence-corrected chi connectivity index (χ0v) is 16.1. The van der Waals surface area contributed by atoms with Crippen molar-refractivity contribution >= 4 is 34.2 Å². The second-order valence-electron chi connectivity index (χ2n) is 5.56. The molecule has 0 saturated carbocycles. The van der Waals surface area contributed by atoms with Crippen LogP contribution in [-0.4, -0.2) is 21.3 Å².